The molecular formula is C11H10Cl2N4. The summed E-state index contributed by atoms with van der Waals surface area (Å²) in [5.74, 6) is 0.594. The number of hydrogen-bond acceptors (Lipinski definition) is 4. The predicted molar refractivity (Wildman–Crippen MR) is 70.9 cm³/mol. The normalized spacial score (nSPS) is 10.3. The number of nitrogen functional groups attached to an aromatic ring is 1. The lowest BCUT2D eigenvalue weighted by Crippen LogP contribution is -2.01. The summed E-state index contributed by atoms with van der Waals surface area (Å²) in [6, 6.07) is 5.60. The van der Waals surface area contributed by atoms with Crippen molar-refractivity contribution in [1.82, 2.24) is 9.97 Å². The Balaban J connectivity index is 2.41. The van der Waals surface area contributed by atoms with Crippen LogP contribution in [-0.4, -0.2) is 9.97 Å². The summed E-state index contributed by atoms with van der Waals surface area (Å²) in [7, 11) is 0. The van der Waals surface area contributed by atoms with Crippen LogP contribution in [0.1, 0.15) is 5.56 Å². The monoisotopic (exact) mass is 268 g/mol. The molecule has 3 N–H and O–H groups in total. The van der Waals surface area contributed by atoms with Gasteiger partial charge >= 0.3 is 0 Å². The fraction of sp³-hybridized carbons (Fsp3) is 0.0909. The van der Waals surface area contributed by atoms with Crippen molar-refractivity contribution in [1.29, 1.82) is 0 Å². The molecule has 0 radical (unpaired) electrons. The van der Waals surface area contributed by atoms with E-state index in [-0.39, 0.29) is 5.95 Å². The zero-order valence-corrected chi connectivity index (χ0v) is 10.5. The number of halogens is 2. The number of nitrogens with two attached hydrogens (primary N) is 1. The van der Waals surface area contributed by atoms with Crippen LogP contribution in [0.15, 0.2) is 24.4 Å². The quantitative estimate of drug-likeness (QED) is 0.876. The largest absolute Gasteiger partial charge is 0.368 e. The molecule has 4 nitrogen and oxygen atoms in total. The second-order valence-electron chi connectivity index (χ2n) is 3.48. The molecule has 6 heteroatoms. The molecule has 0 spiro atoms. The van der Waals surface area contributed by atoms with Crippen LogP contribution in [0.5, 0.6) is 0 Å². The number of para-hydroxylation sites is 1. The first-order chi connectivity index (χ1) is 8.08. The average Bonchev–Trinajstić information content (AvgIpc) is 2.28. The second kappa shape index (κ2) is 4.77. The number of anilines is 3. The first-order valence-electron chi connectivity index (χ1n) is 4.88. The van der Waals surface area contributed by atoms with Crippen LogP contribution in [0.2, 0.25) is 10.0 Å². The van der Waals surface area contributed by atoms with Gasteiger partial charge in [0.25, 0.3) is 0 Å². The standard InChI is InChI=1S/C11H10Cl2N4/c1-6-3-2-4-7(12)9(6)16-10-8(13)5-15-11(14)17-10/h2-5H,1H3,(H3,14,15,16,17). The minimum absolute atomic E-state index is 0.154. The number of aromatic nitrogens is 2. The van der Waals surface area contributed by atoms with Crippen molar-refractivity contribution in [2.24, 2.45) is 0 Å². The molecule has 0 bridgehead atoms. The van der Waals surface area contributed by atoms with Crippen molar-refractivity contribution in [2.45, 2.75) is 6.92 Å². The Kier molecular flexibility index (Phi) is 3.36. The minimum atomic E-state index is 0.154. The summed E-state index contributed by atoms with van der Waals surface area (Å²) in [5, 5.41) is 4.04. The molecule has 0 unspecified atom stereocenters. The van der Waals surface area contributed by atoms with Gasteiger partial charge in [0.15, 0.2) is 5.82 Å². The molecule has 1 aromatic heterocycles. The van der Waals surface area contributed by atoms with Crippen molar-refractivity contribution in [3.8, 4) is 0 Å². The van der Waals surface area contributed by atoms with Crippen molar-refractivity contribution in [3.05, 3.63) is 40.0 Å². The number of hydrogen-bond donors (Lipinski definition) is 2. The topological polar surface area (TPSA) is 63.8 Å². The summed E-state index contributed by atoms with van der Waals surface area (Å²) in [5.41, 5.74) is 7.25. The van der Waals surface area contributed by atoms with E-state index in [1.54, 1.807) is 6.07 Å². The van der Waals surface area contributed by atoms with Crippen LogP contribution in [0, 0.1) is 6.92 Å². The van der Waals surface area contributed by atoms with Gasteiger partial charge in [-0.2, -0.15) is 4.98 Å². The van der Waals surface area contributed by atoms with Gasteiger partial charge in [0, 0.05) is 0 Å². The number of nitrogens with zero attached hydrogens (tertiary/aromatic N) is 2. The maximum atomic E-state index is 6.09. The summed E-state index contributed by atoms with van der Waals surface area (Å²) in [4.78, 5) is 7.80. The van der Waals surface area contributed by atoms with Crippen molar-refractivity contribution in [2.75, 3.05) is 11.1 Å². The number of rotatable bonds is 2. The van der Waals surface area contributed by atoms with Gasteiger partial charge in [0.1, 0.15) is 5.02 Å². The number of benzene rings is 1. The van der Waals surface area contributed by atoms with Gasteiger partial charge in [0.2, 0.25) is 5.95 Å². The van der Waals surface area contributed by atoms with Gasteiger partial charge < -0.3 is 11.1 Å². The fourth-order valence-electron chi connectivity index (χ4n) is 1.38. The van der Waals surface area contributed by atoms with Gasteiger partial charge in [-0.05, 0) is 18.6 Å². The molecule has 17 heavy (non-hydrogen) atoms. The van der Waals surface area contributed by atoms with E-state index >= 15 is 0 Å². The van der Waals surface area contributed by atoms with E-state index in [0.29, 0.717) is 15.9 Å². The lowest BCUT2D eigenvalue weighted by molar-refractivity contribution is 1.18. The molecule has 88 valence electrons. The van der Waals surface area contributed by atoms with Crippen molar-refractivity contribution < 1.29 is 0 Å². The third-order valence-electron chi connectivity index (χ3n) is 2.23. The lowest BCUT2D eigenvalue weighted by Gasteiger charge is -2.11. The third-order valence-corrected chi connectivity index (χ3v) is 2.82. The van der Waals surface area contributed by atoms with Gasteiger partial charge in [-0.25, -0.2) is 4.98 Å². The highest BCUT2D eigenvalue weighted by Crippen LogP contribution is 2.30. The first-order valence-corrected chi connectivity index (χ1v) is 5.63. The predicted octanol–water partition coefficient (Wildman–Crippen LogP) is 3.42. The molecule has 0 fully saturated rings. The summed E-state index contributed by atoms with van der Waals surface area (Å²) in [6.07, 6.45) is 1.44. The SMILES string of the molecule is Cc1cccc(Cl)c1Nc1nc(N)ncc1Cl. The van der Waals surface area contributed by atoms with Gasteiger partial charge in [-0.1, -0.05) is 35.3 Å². The van der Waals surface area contributed by atoms with Crippen LogP contribution in [-0.2, 0) is 0 Å². The van der Waals surface area contributed by atoms with Crippen LogP contribution < -0.4 is 11.1 Å². The molecule has 2 aromatic rings. The van der Waals surface area contributed by atoms with Gasteiger partial charge in [-0.15, -0.1) is 0 Å². The third kappa shape index (κ3) is 2.60. The van der Waals surface area contributed by atoms with Crippen LogP contribution >= 0.6 is 23.2 Å². The van der Waals surface area contributed by atoms with Crippen LogP contribution in [0.3, 0.4) is 0 Å². The molecule has 0 aliphatic rings. The Morgan fingerprint density at radius 2 is 2.00 bits per heavy atom. The highest BCUT2D eigenvalue weighted by Gasteiger charge is 2.08. The van der Waals surface area contributed by atoms with E-state index in [4.69, 9.17) is 28.9 Å². The van der Waals surface area contributed by atoms with E-state index in [2.05, 4.69) is 15.3 Å². The summed E-state index contributed by atoms with van der Waals surface area (Å²) < 4.78 is 0. The molecular weight excluding hydrogens is 259 g/mol. The molecule has 0 aliphatic carbocycles. The molecule has 1 aromatic carbocycles. The Morgan fingerprint density at radius 1 is 1.24 bits per heavy atom. The number of aryl methyl sites for hydroxylation is 1. The van der Waals surface area contributed by atoms with Gasteiger partial charge in [-0.3, -0.25) is 0 Å². The summed E-state index contributed by atoms with van der Waals surface area (Å²) >= 11 is 12.1. The zero-order valence-electron chi connectivity index (χ0n) is 9.04. The van der Waals surface area contributed by atoms with E-state index in [1.807, 2.05) is 19.1 Å². The Labute approximate surface area is 109 Å². The second-order valence-corrected chi connectivity index (χ2v) is 4.30. The average molecular weight is 269 g/mol. The number of nitrogens with one attached hydrogen (secondary N) is 1. The van der Waals surface area contributed by atoms with E-state index in [1.165, 1.54) is 6.20 Å². The zero-order chi connectivity index (χ0) is 12.4. The molecule has 0 aliphatic heterocycles. The molecule has 0 atom stereocenters. The maximum absolute atomic E-state index is 6.09. The Bertz CT molecular complexity index is 537. The van der Waals surface area contributed by atoms with Crippen LogP contribution in [0.4, 0.5) is 17.5 Å². The van der Waals surface area contributed by atoms with E-state index < -0.39 is 0 Å². The Hall–Kier alpha value is -1.52. The minimum Gasteiger partial charge on any atom is -0.368 e. The van der Waals surface area contributed by atoms with E-state index in [9.17, 15) is 0 Å². The van der Waals surface area contributed by atoms with Crippen molar-refractivity contribution in [3.63, 3.8) is 0 Å². The first kappa shape index (κ1) is 12.0. The molecule has 0 saturated carbocycles. The maximum Gasteiger partial charge on any atom is 0.222 e. The van der Waals surface area contributed by atoms with Crippen LogP contribution in [0.25, 0.3) is 0 Å². The summed E-state index contributed by atoms with van der Waals surface area (Å²) in [6.45, 7) is 1.94. The molecule has 0 saturated heterocycles. The molecule has 1 heterocycles. The smallest absolute Gasteiger partial charge is 0.222 e. The van der Waals surface area contributed by atoms with E-state index in [0.717, 1.165) is 11.3 Å². The highest BCUT2D eigenvalue weighted by atomic mass is 35.5. The highest BCUT2D eigenvalue weighted by molar-refractivity contribution is 6.34. The fourth-order valence-corrected chi connectivity index (χ4v) is 1.78. The van der Waals surface area contributed by atoms with Crippen molar-refractivity contribution >= 4 is 40.7 Å². The van der Waals surface area contributed by atoms with Gasteiger partial charge in [0.05, 0.1) is 16.9 Å². The molecule has 0 amide bonds. The Morgan fingerprint density at radius 3 is 2.71 bits per heavy atom. The lowest BCUT2D eigenvalue weighted by atomic mass is 10.2. The molecule has 2 rings (SSSR count).